The summed E-state index contributed by atoms with van der Waals surface area (Å²) in [5.41, 5.74) is 1.95. The van der Waals surface area contributed by atoms with E-state index in [1.165, 1.54) is 24.8 Å². The summed E-state index contributed by atoms with van der Waals surface area (Å²) in [6.07, 6.45) is 7.20. The lowest BCUT2D eigenvalue weighted by atomic mass is 10.2. The second-order valence-corrected chi connectivity index (χ2v) is 8.99. The van der Waals surface area contributed by atoms with Crippen molar-refractivity contribution in [1.82, 2.24) is 30.2 Å². The van der Waals surface area contributed by atoms with Gasteiger partial charge in [-0.05, 0) is 31.9 Å². The zero-order valence-corrected chi connectivity index (χ0v) is 18.0. The van der Waals surface area contributed by atoms with E-state index in [4.69, 9.17) is 4.74 Å². The van der Waals surface area contributed by atoms with Gasteiger partial charge in [-0.25, -0.2) is 23.4 Å². The molecular weight excluding hydrogens is 434 g/mol. The molecule has 0 saturated heterocycles. The van der Waals surface area contributed by atoms with Crippen molar-refractivity contribution in [2.24, 2.45) is 0 Å². The number of aromatic nitrogens is 5. The zero-order valence-electron chi connectivity index (χ0n) is 17.2. The minimum Gasteiger partial charge on any atom is -0.477 e. The van der Waals surface area contributed by atoms with E-state index in [0.717, 1.165) is 0 Å². The van der Waals surface area contributed by atoms with Gasteiger partial charge in [0.05, 0.1) is 42.2 Å². The van der Waals surface area contributed by atoms with Crippen molar-refractivity contribution in [3.63, 3.8) is 0 Å². The van der Waals surface area contributed by atoms with E-state index in [0.29, 0.717) is 42.3 Å². The number of carbonyl (C=O) groups is 1. The number of carbonyl (C=O) groups excluding carboxylic acids is 1. The van der Waals surface area contributed by atoms with E-state index < -0.39 is 15.9 Å². The maximum absolute atomic E-state index is 12.4. The summed E-state index contributed by atoms with van der Waals surface area (Å²) in [5, 5.41) is 2.35. The number of hydrogen-bond donors (Lipinski definition) is 2. The van der Waals surface area contributed by atoms with Crippen LogP contribution >= 0.6 is 0 Å². The van der Waals surface area contributed by atoms with E-state index in [1.54, 1.807) is 18.3 Å². The lowest BCUT2D eigenvalue weighted by Crippen LogP contribution is -2.24. The van der Waals surface area contributed by atoms with Crippen LogP contribution in [0.2, 0.25) is 0 Å². The van der Waals surface area contributed by atoms with Gasteiger partial charge in [0.25, 0.3) is 5.91 Å². The molecule has 12 heteroatoms. The van der Waals surface area contributed by atoms with E-state index in [1.807, 2.05) is 6.92 Å². The number of amides is 1. The summed E-state index contributed by atoms with van der Waals surface area (Å²) in [4.78, 5) is 33.1. The highest BCUT2D eigenvalue weighted by atomic mass is 32.2. The lowest BCUT2D eigenvalue weighted by molar-refractivity contribution is 0.0945. The summed E-state index contributed by atoms with van der Waals surface area (Å²) in [5.74, 6) is 0.189. The van der Waals surface area contributed by atoms with Crippen molar-refractivity contribution in [3.05, 3.63) is 54.5 Å². The first-order valence-corrected chi connectivity index (χ1v) is 11.5. The van der Waals surface area contributed by atoms with Crippen LogP contribution in [-0.2, 0) is 16.6 Å². The molecule has 0 aliphatic heterocycles. The van der Waals surface area contributed by atoms with Crippen molar-refractivity contribution < 1.29 is 17.9 Å². The van der Waals surface area contributed by atoms with Gasteiger partial charge in [0.2, 0.25) is 15.9 Å². The first kappa shape index (κ1) is 21.6. The molecule has 11 nitrogen and oxygen atoms in total. The van der Waals surface area contributed by atoms with E-state index in [2.05, 4.69) is 35.0 Å². The zero-order chi connectivity index (χ0) is 22.6. The third-order valence-corrected chi connectivity index (χ3v) is 6.40. The minimum absolute atomic E-state index is 0.0881. The molecule has 2 N–H and O–H groups in total. The van der Waals surface area contributed by atoms with Crippen LogP contribution in [0.1, 0.15) is 35.9 Å². The van der Waals surface area contributed by atoms with Gasteiger partial charge in [-0.1, -0.05) is 0 Å². The fraction of sp³-hybridized carbons (Fsp3) is 0.300. The Morgan fingerprint density at radius 2 is 2.00 bits per heavy atom. The Balaban J connectivity index is 1.37. The Morgan fingerprint density at radius 1 is 1.16 bits per heavy atom. The molecule has 0 aromatic carbocycles. The fourth-order valence-corrected chi connectivity index (χ4v) is 4.13. The van der Waals surface area contributed by atoms with Gasteiger partial charge < -0.3 is 10.1 Å². The topological polar surface area (TPSA) is 149 Å². The largest absolute Gasteiger partial charge is 0.477 e. The van der Waals surface area contributed by atoms with Gasteiger partial charge >= 0.3 is 0 Å². The van der Waals surface area contributed by atoms with Crippen LogP contribution in [0.25, 0.3) is 11.3 Å². The Labute approximate surface area is 184 Å². The van der Waals surface area contributed by atoms with Gasteiger partial charge in [0.1, 0.15) is 17.8 Å². The molecule has 4 rings (SSSR count). The summed E-state index contributed by atoms with van der Waals surface area (Å²) in [6, 6.07) is 4.78. The molecular formula is C20H21N7O4S. The van der Waals surface area contributed by atoms with Crippen molar-refractivity contribution in [2.45, 2.75) is 31.6 Å². The highest BCUT2D eigenvalue weighted by Gasteiger charge is 2.36. The third-order valence-electron chi connectivity index (χ3n) is 4.56. The average molecular weight is 456 g/mol. The molecule has 0 radical (unpaired) electrons. The van der Waals surface area contributed by atoms with Crippen molar-refractivity contribution in [3.8, 4) is 17.1 Å². The van der Waals surface area contributed by atoms with E-state index >= 15 is 0 Å². The Kier molecular flexibility index (Phi) is 6.21. The molecule has 0 bridgehead atoms. The molecule has 3 aromatic heterocycles. The maximum Gasteiger partial charge on any atom is 0.270 e. The summed E-state index contributed by atoms with van der Waals surface area (Å²) in [6.45, 7) is 2.43. The molecule has 166 valence electrons. The normalized spacial score (nSPS) is 13.4. The molecule has 3 heterocycles. The number of anilines is 1. The number of ether oxygens (including phenoxy) is 1. The van der Waals surface area contributed by atoms with Crippen molar-refractivity contribution >= 4 is 21.7 Å². The second kappa shape index (κ2) is 9.22. The van der Waals surface area contributed by atoms with Crippen LogP contribution in [0.3, 0.4) is 0 Å². The third kappa shape index (κ3) is 5.32. The number of rotatable bonds is 9. The van der Waals surface area contributed by atoms with Crippen LogP contribution < -0.4 is 14.8 Å². The van der Waals surface area contributed by atoms with E-state index in [9.17, 15) is 13.2 Å². The maximum atomic E-state index is 12.4. The Hall–Kier alpha value is -3.67. The number of sulfonamides is 1. The van der Waals surface area contributed by atoms with Crippen LogP contribution in [0, 0.1) is 0 Å². The monoisotopic (exact) mass is 455 g/mol. The quantitative estimate of drug-likeness (QED) is 0.490. The molecule has 0 atom stereocenters. The van der Waals surface area contributed by atoms with Crippen molar-refractivity contribution in [1.29, 1.82) is 0 Å². The molecule has 32 heavy (non-hydrogen) atoms. The minimum atomic E-state index is -3.42. The molecule has 1 fully saturated rings. The summed E-state index contributed by atoms with van der Waals surface area (Å²) in [7, 11) is -3.42. The second-order valence-electron chi connectivity index (χ2n) is 7.03. The molecule has 0 spiro atoms. The van der Waals surface area contributed by atoms with Crippen LogP contribution in [0.5, 0.6) is 5.88 Å². The standard InChI is InChI=1S/C20H21N7O4S/c1-2-31-19-11-21-10-17(26-19)13-3-6-16(22-8-13)20(28)23-9-14-7-18(25-12-24-14)27-32(29,30)15-4-5-15/h3,6-8,10-12,15H,2,4-5,9H2,1H3,(H,23,28)(H,24,25,27). The van der Waals surface area contributed by atoms with Gasteiger partial charge in [-0.15, -0.1) is 0 Å². The smallest absolute Gasteiger partial charge is 0.270 e. The Morgan fingerprint density at radius 3 is 2.72 bits per heavy atom. The van der Waals surface area contributed by atoms with Crippen molar-refractivity contribution in [2.75, 3.05) is 11.3 Å². The first-order chi connectivity index (χ1) is 15.4. The molecule has 0 unspecified atom stereocenters. The summed E-state index contributed by atoms with van der Waals surface area (Å²) >= 11 is 0. The number of nitrogens with zero attached hydrogens (tertiary/aromatic N) is 5. The number of pyridine rings is 1. The average Bonchev–Trinajstić information content (AvgIpc) is 3.64. The summed E-state index contributed by atoms with van der Waals surface area (Å²) < 4.78 is 31.9. The number of nitrogens with one attached hydrogen (secondary N) is 2. The van der Waals surface area contributed by atoms with Gasteiger partial charge in [-0.3, -0.25) is 19.5 Å². The van der Waals surface area contributed by atoms with Gasteiger partial charge in [-0.2, -0.15) is 0 Å². The van der Waals surface area contributed by atoms with Crippen LogP contribution in [-0.4, -0.2) is 51.1 Å². The molecule has 1 amide bonds. The first-order valence-electron chi connectivity index (χ1n) is 9.96. The molecule has 1 saturated carbocycles. The highest BCUT2D eigenvalue weighted by molar-refractivity contribution is 7.93. The predicted molar refractivity (Wildman–Crippen MR) is 115 cm³/mol. The molecule has 1 aliphatic carbocycles. The SMILES string of the molecule is CCOc1cncc(-c2ccc(C(=O)NCc3cc(NS(=O)(=O)C4CC4)ncn3)nc2)n1. The Bertz CT molecular complexity index is 1210. The highest BCUT2D eigenvalue weighted by Crippen LogP contribution is 2.29. The fourth-order valence-electron chi connectivity index (χ4n) is 2.80. The molecule has 3 aromatic rings. The lowest BCUT2D eigenvalue weighted by Gasteiger charge is -2.08. The van der Waals surface area contributed by atoms with Crippen LogP contribution in [0.15, 0.2) is 43.1 Å². The van der Waals surface area contributed by atoms with Gasteiger partial charge in [0, 0.05) is 17.8 Å². The molecule has 1 aliphatic rings. The number of hydrogen-bond acceptors (Lipinski definition) is 9. The van der Waals surface area contributed by atoms with Gasteiger partial charge in [0.15, 0.2) is 0 Å². The van der Waals surface area contributed by atoms with E-state index in [-0.39, 0.29) is 23.3 Å². The van der Waals surface area contributed by atoms with Crippen LogP contribution in [0.4, 0.5) is 5.82 Å². The predicted octanol–water partition coefficient (Wildman–Crippen LogP) is 1.56.